The van der Waals surface area contributed by atoms with Gasteiger partial charge in [-0.3, -0.25) is 4.79 Å². The molecule has 20 heavy (non-hydrogen) atoms. The molecule has 0 unspecified atom stereocenters. The summed E-state index contributed by atoms with van der Waals surface area (Å²) in [6.07, 6.45) is 0. The molecule has 0 bridgehead atoms. The van der Waals surface area contributed by atoms with E-state index in [0.29, 0.717) is 28.1 Å². The van der Waals surface area contributed by atoms with E-state index >= 15 is 0 Å². The molecule has 0 saturated carbocycles. The maximum absolute atomic E-state index is 13.0. The smallest absolute Gasteiger partial charge is 0.256 e. The summed E-state index contributed by atoms with van der Waals surface area (Å²) in [5, 5.41) is 2.75. The number of hydrogen-bond acceptors (Lipinski definition) is 2. The predicted molar refractivity (Wildman–Crippen MR) is 79.7 cm³/mol. The highest BCUT2D eigenvalue weighted by Gasteiger charge is 2.11. The number of halogens is 2. The van der Waals surface area contributed by atoms with Crippen molar-refractivity contribution in [3.8, 4) is 5.75 Å². The minimum Gasteiger partial charge on any atom is -0.494 e. The third kappa shape index (κ3) is 3.57. The monoisotopic (exact) mass is 337 g/mol. The molecule has 104 valence electrons. The zero-order valence-electron chi connectivity index (χ0n) is 10.8. The van der Waals surface area contributed by atoms with Crippen molar-refractivity contribution in [2.24, 2.45) is 0 Å². The summed E-state index contributed by atoms with van der Waals surface area (Å²) in [6, 6.07) is 11.0. The molecule has 0 radical (unpaired) electrons. The number of anilines is 1. The molecule has 1 amide bonds. The molecule has 0 aromatic heterocycles. The van der Waals surface area contributed by atoms with Gasteiger partial charge in [0.25, 0.3) is 5.91 Å². The number of carbonyl (C=O) groups is 1. The standard InChI is InChI=1S/C15H13BrFNO2/c1-2-20-12-5-3-4-11(9-12)18-15(19)13-7-6-10(17)8-14(13)16/h3-9H,2H2,1H3,(H,18,19). The lowest BCUT2D eigenvalue weighted by Crippen LogP contribution is -2.12. The topological polar surface area (TPSA) is 38.3 Å². The molecular formula is C15H13BrFNO2. The second kappa shape index (κ2) is 6.52. The van der Waals surface area contributed by atoms with Crippen LogP contribution in [0, 0.1) is 5.82 Å². The molecule has 0 saturated heterocycles. The van der Waals surface area contributed by atoms with Crippen molar-refractivity contribution in [1.82, 2.24) is 0 Å². The highest BCUT2D eigenvalue weighted by molar-refractivity contribution is 9.10. The Morgan fingerprint density at radius 1 is 1.30 bits per heavy atom. The minimum absolute atomic E-state index is 0.314. The first kappa shape index (κ1) is 14.5. The van der Waals surface area contributed by atoms with E-state index in [1.165, 1.54) is 18.2 Å². The van der Waals surface area contributed by atoms with Gasteiger partial charge in [0.15, 0.2) is 0 Å². The number of hydrogen-bond donors (Lipinski definition) is 1. The van der Waals surface area contributed by atoms with Gasteiger partial charge >= 0.3 is 0 Å². The van der Waals surface area contributed by atoms with Crippen LogP contribution < -0.4 is 10.1 Å². The maximum atomic E-state index is 13.0. The van der Waals surface area contributed by atoms with Gasteiger partial charge in [0, 0.05) is 16.2 Å². The van der Waals surface area contributed by atoms with E-state index in [1.807, 2.05) is 13.0 Å². The van der Waals surface area contributed by atoms with Crippen molar-refractivity contribution in [2.45, 2.75) is 6.92 Å². The van der Waals surface area contributed by atoms with Crippen molar-refractivity contribution in [2.75, 3.05) is 11.9 Å². The van der Waals surface area contributed by atoms with Crippen LogP contribution in [0.15, 0.2) is 46.9 Å². The molecule has 5 heteroatoms. The van der Waals surface area contributed by atoms with Gasteiger partial charge in [-0.2, -0.15) is 0 Å². The number of ether oxygens (including phenoxy) is 1. The molecule has 0 fully saturated rings. The summed E-state index contributed by atoms with van der Waals surface area (Å²) in [7, 11) is 0. The largest absolute Gasteiger partial charge is 0.494 e. The fourth-order valence-corrected chi connectivity index (χ4v) is 2.23. The van der Waals surface area contributed by atoms with Crippen LogP contribution in [0.5, 0.6) is 5.75 Å². The Hall–Kier alpha value is -1.88. The van der Waals surface area contributed by atoms with E-state index in [0.717, 1.165) is 0 Å². The van der Waals surface area contributed by atoms with Crippen molar-refractivity contribution < 1.29 is 13.9 Å². The van der Waals surface area contributed by atoms with Crippen molar-refractivity contribution in [3.63, 3.8) is 0 Å². The van der Waals surface area contributed by atoms with Gasteiger partial charge in [-0.05, 0) is 53.2 Å². The molecule has 0 aliphatic heterocycles. The highest BCUT2D eigenvalue weighted by atomic mass is 79.9. The second-order valence-corrected chi connectivity index (χ2v) is 4.89. The lowest BCUT2D eigenvalue weighted by atomic mass is 10.2. The second-order valence-electron chi connectivity index (χ2n) is 4.04. The maximum Gasteiger partial charge on any atom is 0.256 e. The summed E-state index contributed by atoms with van der Waals surface area (Å²) >= 11 is 3.17. The Labute approximate surface area is 124 Å². The molecule has 0 aliphatic carbocycles. The van der Waals surface area contributed by atoms with Crippen LogP contribution in [0.1, 0.15) is 17.3 Å². The zero-order chi connectivity index (χ0) is 14.5. The molecular weight excluding hydrogens is 325 g/mol. The average Bonchev–Trinajstić information content (AvgIpc) is 2.39. The van der Waals surface area contributed by atoms with E-state index in [-0.39, 0.29) is 5.91 Å². The normalized spacial score (nSPS) is 10.2. The van der Waals surface area contributed by atoms with Gasteiger partial charge < -0.3 is 10.1 Å². The Morgan fingerprint density at radius 2 is 2.10 bits per heavy atom. The summed E-state index contributed by atoms with van der Waals surface area (Å²) in [5.41, 5.74) is 0.991. The van der Waals surface area contributed by atoms with Crippen LogP contribution >= 0.6 is 15.9 Å². The van der Waals surface area contributed by atoms with Gasteiger partial charge in [0.05, 0.1) is 12.2 Å². The van der Waals surface area contributed by atoms with Crippen molar-refractivity contribution in [1.29, 1.82) is 0 Å². The zero-order valence-corrected chi connectivity index (χ0v) is 12.4. The molecule has 0 heterocycles. The van der Waals surface area contributed by atoms with E-state index in [1.54, 1.807) is 18.2 Å². The quantitative estimate of drug-likeness (QED) is 0.906. The lowest BCUT2D eigenvalue weighted by molar-refractivity contribution is 0.102. The molecule has 2 aromatic rings. The molecule has 3 nitrogen and oxygen atoms in total. The van der Waals surface area contributed by atoms with Gasteiger partial charge in [-0.1, -0.05) is 6.07 Å². The number of rotatable bonds is 4. The third-order valence-corrected chi connectivity index (χ3v) is 3.23. The van der Waals surface area contributed by atoms with Crippen molar-refractivity contribution >= 4 is 27.5 Å². The van der Waals surface area contributed by atoms with Crippen LogP contribution in [0.25, 0.3) is 0 Å². The van der Waals surface area contributed by atoms with E-state index in [9.17, 15) is 9.18 Å². The Bertz CT molecular complexity index is 631. The fraction of sp³-hybridized carbons (Fsp3) is 0.133. The predicted octanol–water partition coefficient (Wildman–Crippen LogP) is 4.24. The van der Waals surface area contributed by atoms with Crippen LogP contribution in [0.2, 0.25) is 0 Å². The van der Waals surface area contributed by atoms with Crippen molar-refractivity contribution in [3.05, 3.63) is 58.3 Å². The van der Waals surface area contributed by atoms with Gasteiger partial charge in [0.1, 0.15) is 11.6 Å². The number of benzene rings is 2. The molecule has 0 aliphatic rings. The summed E-state index contributed by atoms with van der Waals surface area (Å²) in [5.74, 6) is -0.0271. The molecule has 2 rings (SSSR count). The Balaban J connectivity index is 2.17. The van der Waals surface area contributed by atoms with E-state index in [4.69, 9.17) is 4.74 Å². The summed E-state index contributed by atoms with van der Waals surface area (Å²) < 4.78 is 18.8. The van der Waals surface area contributed by atoms with Crippen LogP contribution in [-0.2, 0) is 0 Å². The Morgan fingerprint density at radius 3 is 2.80 bits per heavy atom. The first-order chi connectivity index (χ1) is 9.60. The number of carbonyl (C=O) groups excluding carboxylic acids is 1. The minimum atomic E-state index is -0.397. The number of nitrogens with one attached hydrogen (secondary N) is 1. The first-order valence-corrected chi connectivity index (χ1v) is 6.88. The highest BCUT2D eigenvalue weighted by Crippen LogP contribution is 2.21. The number of amides is 1. The van der Waals surface area contributed by atoms with E-state index in [2.05, 4.69) is 21.2 Å². The Kier molecular flexibility index (Phi) is 4.74. The van der Waals surface area contributed by atoms with Gasteiger partial charge in [-0.15, -0.1) is 0 Å². The van der Waals surface area contributed by atoms with E-state index < -0.39 is 5.82 Å². The van der Waals surface area contributed by atoms with Crippen LogP contribution in [0.4, 0.5) is 10.1 Å². The lowest BCUT2D eigenvalue weighted by Gasteiger charge is -2.09. The summed E-state index contributed by atoms with van der Waals surface area (Å²) in [6.45, 7) is 2.45. The summed E-state index contributed by atoms with van der Waals surface area (Å²) in [4.78, 5) is 12.1. The third-order valence-electron chi connectivity index (χ3n) is 2.58. The molecule has 1 N–H and O–H groups in total. The average molecular weight is 338 g/mol. The van der Waals surface area contributed by atoms with Gasteiger partial charge in [0.2, 0.25) is 0 Å². The van der Waals surface area contributed by atoms with Gasteiger partial charge in [-0.25, -0.2) is 4.39 Å². The van der Waals surface area contributed by atoms with Crippen LogP contribution in [-0.4, -0.2) is 12.5 Å². The SMILES string of the molecule is CCOc1cccc(NC(=O)c2ccc(F)cc2Br)c1. The first-order valence-electron chi connectivity index (χ1n) is 6.09. The molecule has 2 aromatic carbocycles. The molecule has 0 spiro atoms. The fourth-order valence-electron chi connectivity index (χ4n) is 1.70. The van der Waals surface area contributed by atoms with Crippen LogP contribution in [0.3, 0.4) is 0 Å². The molecule has 0 atom stereocenters.